The van der Waals surface area contributed by atoms with Crippen LogP contribution in [0.4, 0.5) is 4.79 Å². The topological polar surface area (TPSA) is 35.6 Å². The number of hydrogen-bond acceptors (Lipinski definition) is 2. The predicted molar refractivity (Wildman–Crippen MR) is 86.1 cm³/mol. The van der Waals surface area contributed by atoms with Crippen molar-refractivity contribution >= 4 is 6.03 Å². The molecule has 2 rings (SSSR count). The highest BCUT2D eigenvalue weighted by Gasteiger charge is 2.25. The van der Waals surface area contributed by atoms with Crippen LogP contribution < -0.4 is 5.32 Å². The minimum atomic E-state index is 0.0708. The number of nitrogens with one attached hydrogen (secondary N) is 1. The van der Waals surface area contributed by atoms with Crippen molar-refractivity contribution in [3.8, 4) is 0 Å². The first-order valence-electron chi connectivity index (χ1n) is 8.02. The Kier molecular flexibility index (Phi) is 6.05. The van der Waals surface area contributed by atoms with E-state index in [9.17, 15) is 4.79 Å². The molecule has 0 unspecified atom stereocenters. The number of benzene rings is 1. The SMILES string of the molecule is CCNC(=O)N(CC)C[C@@H]1CCN(Cc2ccccc2)C1. The van der Waals surface area contributed by atoms with Crippen LogP contribution in [0.15, 0.2) is 30.3 Å². The second-order valence-electron chi connectivity index (χ2n) is 5.75. The Morgan fingerprint density at radius 3 is 2.76 bits per heavy atom. The Balaban J connectivity index is 1.80. The highest BCUT2D eigenvalue weighted by atomic mass is 16.2. The van der Waals surface area contributed by atoms with Crippen LogP contribution in [0.1, 0.15) is 25.8 Å². The van der Waals surface area contributed by atoms with Gasteiger partial charge >= 0.3 is 6.03 Å². The molecule has 1 aromatic carbocycles. The minimum absolute atomic E-state index is 0.0708. The zero-order chi connectivity index (χ0) is 15.1. The van der Waals surface area contributed by atoms with E-state index in [4.69, 9.17) is 0 Å². The minimum Gasteiger partial charge on any atom is -0.338 e. The van der Waals surface area contributed by atoms with Gasteiger partial charge in [0.2, 0.25) is 0 Å². The first-order valence-corrected chi connectivity index (χ1v) is 8.02. The van der Waals surface area contributed by atoms with E-state index < -0.39 is 0 Å². The molecule has 116 valence electrons. The van der Waals surface area contributed by atoms with Crippen LogP contribution in [-0.4, -0.2) is 48.6 Å². The molecular formula is C17H27N3O. The Bertz CT molecular complexity index is 435. The fraction of sp³-hybridized carbons (Fsp3) is 0.588. The largest absolute Gasteiger partial charge is 0.338 e. The first kappa shape index (κ1) is 15.8. The molecule has 1 N–H and O–H groups in total. The molecule has 1 saturated heterocycles. The molecule has 1 aliphatic heterocycles. The van der Waals surface area contributed by atoms with Crippen LogP contribution in [0.3, 0.4) is 0 Å². The lowest BCUT2D eigenvalue weighted by Gasteiger charge is -2.24. The van der Waals surface area contributed by atoms with Crippen LogP contribution in [0.5, 0.6) is 0 Å². The number of carbonyl (C=O) groups is 1. The zero-order valence-corrected chi connectivity index (χ0v) is 13.2. The van der Waals surface area contributed by atoms with Gasteiger partial charge in [0.05, 0.1) is 0 Å². The van der Waals surface area contributed by atoms with Crippen LogP contribution in [0.2, 0.25) is 0 Å². The summed E-state index contributed by atoms with van der Waals surface area (Å²) in [4.78, 5) is 16.4. The number of amides is 2. The molecule has 1 aromatic rings. The average Bonchev–Trinajstić information content (AvgIpc) is 2.93. The summed E-state index contributed by atoms with van der Waals surface area (Å²) >= 11 is 0. The Labute approximate surface area is 128 Å². The Hall–Kier alpha value is -1.55. The average molecular weight is 289 g/mol. The second-order valence-corrected chi connectivity index (χ2v) is 5.75. The van der Waals surface area contributed by atoms with Crippen LogP contribution in [-0.2, 0) is 6.54 Å². The van der Waals surface area contributed by atoms with Gasteiger partial charge in [-0.25, -0.2) is 4.79 Å². The molecule has 0 spiro atoms. The first-order chi connectivity index (χ1) is 10.2. The third kappa shape index (κ3) is 4.74. The summed E-state index contributed by atoms with van der Waals surface area (Å²) in [6.07, 6.45) is 1.18. The van der Waals surface area contributed by atoms with E-state index >= 15 is 0 Å². The molecule has 4 nitrogen and oxygen atoms in total. The summed E-state index contributed by atoms with van der Waals surface area (Å²) in [5, 5.41) is 2.89. The Morgan fingerprint density at radius 1 is 1.33 bits per heavy atom. The summed E-state index contributed by atoms with van der Waals surface area (Å²) in [7, 11) is 0. The van der Waals surface area contributed by atoms with E-state index in [0.29, 0.717) is 12.5 Å². The Morgan fingerprint density at radius 2 is 2.10 bits per heavy atom. The van der Waals surface area contributed by atoms with Crippen LogP contribution in [0, 0.1) is 5.92 Å². The van der Waals surface area contributed by atoms with Gasteiger partial charge in [0.25, 0.3) is 0 Å². The number of nitrogens with zero attached hydrogens (tertiary/aromatic N) is 2. The number of hydrogen-bond donors (Lipinski definition) is 1. The number of likely N-dealkylation sites (tertiary alicyclic amines) is 1. The lowest BCUT2D eigenvalue weighted by Crippen LogP contribution is -2.42. The molecule has 0 saturated carbocycles. The third-order valence-corrected chi connectivity index (χ3v) is 4.09. The van der Waals surface area contributed by atoms with Crippen molar-refractivity contribution in [1.29, 1.82) is 0 Å². The molecule has 0 bridgehead atoms. The normalized spacial score (nSPS) is 18.7. The van der Waals surface area contributed by atoms with Gasteiger partial charge < -0.3 is 10.2 Å². The van der Waals surface area contributed by atoms with Crippen molar-refractivity contribution in [3.05, 3.63) is 35.9 Å². The monoisotopic (exact) mass is 289 g/mol. The fourth-order valence-corrected chi connectivity index (χ4v) is 2.98. The van der Waals surface area contributed by atoms with E-state index in [-0.39, 0.29) is 6.03 Å². The van der Waals surface area contributed by atoms with Crippen molar-refractivity contribution in [2.75, 3.05) is 32.7 Å². The van der Waals surface area contributed by atoms with Crippen molar-refractivity contribution in [3.63, 3.8) is 0 Å². The van der Waals surface area contributed by atoms with Crippen molar-refractivity contribution in [2.24, 2.45) is 5.92 Å². The van der Waals surface area contributed by atoms with Gasteiger partial charge in [0.15, 0.2) is 0 Å². The molecule has 0 aromatic heterocycles. The standard InChI is InChI=1S/C17H27N3O/c1-3-18-17(21)20(4-2)14-16-10-11-19(13-16)12-15-8-6-5-7-9-15/h5-9,16H,3-4,10-14H2,1-2H3,(H,18,21)/t16-/m1/s1. The van der Waals surface area contributed by atoms with Gasteiger partial charge in [-0.05, 0) is 38.3 Å². The molecule has 1 heterocycles. The predicted octanol–water partition coefficient (Wildman–Crippen LogP) is 2.56. The molecule has 1 atom stereocenters. The molecule has 0 radical (unpaired) electrons. The van der Waals surface area contributed by atoms with Gasteiger partial charge in [-0.15, -0.1) is 0 Å². The van der Waals surface area contributed by atoms with Crippen LogP contribution >= 0.6 is 0 Å². The summed E-state index contributed by atoms with van der Waals surface area (Å²) in [5.41, 5.74) is 1.37. The summed E-state index contributed by atoms with van der Waals surface area (Å²) in [6, 6.07) is 10.7. The highest BCUT2D eigenvalue weighted by molar-refractivity contribution is 5.74. The quantitative estimate of drug-likeness (QED) is 0.873. The summed E-state index contributed by atoms with van der Waals surface area (Å²) in [6.45, 7) is 9.59. The molecule has 21 heavy (non-hydrogen) atoms. The van der Waals surface area contributed by atoms with Gasteiger partial charge in [-0.3, -0.25) is 4.90 Å². The van der Waals surface area contributed by atoms with Gasteiger partial charge in [-0.2, -0.15) is 0 Å². The van der Waals surface area contributed by atoms with E-state index in [1.807, 2.05) is 18.7 Å². The number of urea groups is 1. The van der Waals surface area contributed by atoms with Gasteiger partial charge in [0, 0.05) is 32.7 Å². The lowest BCUT2D eigenvalue weighted by molar-refractivity contribution is 0.190. The molecule has 4 heteroatoms. The van der Waals surface area contributed by atoms with E-state index in [2.05, 4.69) is 40.5 Å². The van der Waals surface area contributed by atoms with Gasteiger partial charge in [0.1, 0.15) is 0 Å². The highest BCUT2D eigenvalue weighted by Crippen LogP contribution is 2.19. The molecule has 2 amide bonds. The maximum atomic E-state index is 11.9. The summed E-state index contributed by atoms with van der Waals surface area (Å²) < 4.78 is 0. The fourth-order valence-electron chi connectivity index (χ4n) is 2.98. The van der Waals surface area contributed by atoms with Crippen molar-refractivity contribution < 1.29 is 4.79 Å². The third-order valence-electron chi connectivity index (χ3n) is 4.09. The lowest BCUT2D eigenvalue weighted by atomic mass is 10.1. The maximum Gasteiger partial charge on any atom is 0.317 e. The molecule has 0 aliphatic carbocycles. The van der Waals surface area contributed by atoms with Gasteiger partial charge in [-0.1, -0.05) is 30.3 Å². The maximum absolute atomic E-state index is 11.9. The van der Waals surface area contributed by atoms with E-state index in [1.54, 1.807) is 0 Å². The van der Waals surface area contributed by atoms with E-state index in [1.165, 1.54) is 12.0 Å². The number of rotatable bonds is 6. The molecular weight excluding hydrogens is 262 g/mol. The molecule has 1 aliphatic rings. The second kappa shape index (κ2) is 8.03. The van der Waals surface area contributed by atoms with Crippen molar-refractivity contribution in [2.45, 2.75) is 26.8 Å². The van der Waals surface area contributed by atoms with E-state index in [0.717, 1.165) is 32.7 Å². The van der Waals surface area contributed by atoms with Crippen molar-refractivity contribution in [1.82, 2.24) is 15.1 Å². The smallest absolute Gasteiger partial charge is 0.317 e. The summed E-state index contributed by atoms with van der Waals surface area (Å²) in [5.74, 6) is 0.594. The molecule has 1 fully saturated rings. The number of carbonyl (C=O) groups excluding carboxylic acids is 1. The van der Waals surface area contributed by atoms with Crippen LogP contribution in [0.25, 0.3) is 0 Å². The zero-order valence-electron chi connectivity index (χ0n) is 13.2.